The van der Waals surface area contributed by atoms with Gasteiger partial charge in [0, 0.05) is 19.3 Å². The highest BCUT2D eigenvalue weighted by Gasteiger charge is 2.19. The molecule has 0 unspecified atom stereocenters. The van der Waals surface area contributed by atoms with Crippen LogP contribution < -0.4 is 0 Å². The number of carbonyl (C=O) groups excluding carboxylic acids is 3. The molecule has 0 fully saturated rings. The van der Waals surface area contributed by atoms with Crippen LogP contribution in [0.25, 0.3) is 0 Å². The zero-order valence-electron chi connectivity index (χ0n) is 21.7. The van der Waals surface area contributed by atoms with Gasteiger partial charge in [0.05, 0.1) is 0 Å². The van der Waals surface area contributed by atoms with E-state index in [9.17, 15) is 14.4 Å². The second kappa shape index (κ2) is 23.6. The van der Waals surface area contributed by atoms with Gasteiger partial charge in [-0.05, 0) is 19.3 Å². The summed E-state index contributed by atoms with van der Waals surface area (Å²) in [4.78, 5) is 36.1. The molecule has 0 radical (unpaired) electrons. The molecule has 0 N–H and O–H groups in total. The number of unbranched alkanes of at least 4 members (excludes halogenated alkanes) is 12. The molecule has 0 aliphatic rings. The second-order valence-corrected chi connectivity index (χ2v) is 8.97. The van der Waals surface area contributed by atoms with Gasteiger partial charge in [-0.25, -0.2) is 0 Å². The first kappa shape index (κ1) is 31.4. The van der Waals surface area contributed by atoms with Crippen LogP contribution >= 0.6 is 0 Å². The minimum Gasteiger partial charge on any atom is -0.462 e. The third-order valence-electron chi connectivity index (χ3n) is 5.61. The Hall–Kier alpha value is -1.59. The van der Waals surface area contributed by atoms with Gasteiger partial charge in [-0.1, -0.05) is 97.8 Å². The molecule has 0 aliphatic heterocycles. The Morgan fingerprint density at radius 1 is 0.485 bits per heavy atom. The van der Waals surface area contributed by atoms with E-state index in [1.165, 1.54) is 38.5 Å². The van der Waals surface area contributed by atoms with Gasteiger partial charge >= 0.3 is 17.9 Å². The lowest BCUT2D eigenvalue weighted by Crippen LogP contribution is -2.30. The number of ether oxygens (including phenoxy) is 3. The summed E-state index contributed by atoms with van der Waals surface area (Å²) in [6.07, 6.45) is 16.4. The van der Waals surface area contributed by atoms with E-state index in [4.69, 9.17) is 14.2 Å². The van der Waals surface area contributed by atoms with Crippen molar-refractivity contribution in [2.75, 3.05) is 13.2 Å². The number of carbonyl (C=O) groups is 3. The first-order valence-electron chi connectivity index (χ1n) is 13.5. The highest BCUT2D eigenvalue weighted by atomic mass is 16.6. The molecular weight excluding hydrogens is 420 g/mol. The highest BCUT2D eigenvalue weighted by Crippen LogP contribution is 2.12. The minimum absolute atomic E-state index is 0.0727. The van der Waals surface area contributed by atoms with Crippen LogP contribution in [0.2, 0.25) is 0 Å². The van der Waals surface area contributed by atoms with Crippen molar-refractivity contribution in [2.45, 2.75) is 142 Å². The van der Waals surface area contributed by atoms with Crippen LogP contribution in [-0.4, -0.2) is 37.2 Å². The monoisotopic (exact) mass is 470 g/mol. The lowest BCUT2D eigenvalue weighted by atomic mass is 10.1. The van der Waals surface area contributed by atoms with Gasteiger partial charge in [0.1, 0.15) is 13.2 Å². The number of hydrogen-bond donors (Lipinski definition) is 0. The molecular formula is C27H50O6. The predicted molar refractivity (Wildman–Crippen MR) is 132 cm³/mol. The Labute approximate surface area is 202 Å². The summed E-state index contributed by atoms with van der Waals surface area (Å²) in [5.41, 5.74) is 0. The fraction of sp³-hybridized carbons (Fsp3) is 0.889. The summed E-state index contributed by atoms with van der Waals surface area (Å²) in [7, 11) is 0. The van der Waals surface area contributed by atoms with Crippen LogP contribution in [0.3, 0.4) is 0 Å². The van der Waals surface area contributed by atoms with Crippen molar-refractivity contribution in [1.29, 1.82) is 0 Å². The van der Waals surface area contributed by atoms with Gasteiger partial charge < -0.3 is 14.2 Å². The third kappa shape index (κ3) is 22.0. The zero-order valence-corrected chi connectivity index (χ0v) is 21.7. The smallest absolute Gasteiger partial charge is 0.306 e. The summed E-state index contributed by atoms with van der Waals surface area (Å²) in [6, 6.07) is 0. The van der Waals surface area contributed by atoms with Crippen LogP contribution in [0.4, 0.5) is 0 Å². The lowest BCUT2D eigenvalue weighted by Gasteiger charge is -2.18. The SMILES string of the molecule is CCCCCCCCCCCC(=O)OC(COC(=O)CCCCC)COC(=O)CCCCC. The molecule has 0 rings (SSSR count). The molecule has 6 nitrogen and oxygen atoms in total. The first-order chi connectivity index (χ1) is 16.0. The Morgan fingerprint density at radius 3 is 1.27 bits per heavy atom. The topological polar surface area (TPSA) is 78.9 Å². The molecule has 0 bridgehead atoms. The van der Waals surface area contributed by atoms with Crippen LogP contribution in [0.15, 0.2) is 0 Å². The fourth-order valence-corrected chi connectivity index (χ4v) is 3.50. The van der Waals surface area contributed by atoms with Crippen LogP contribution in [0.1, 0.15) is 136 Å². The Morgan fingerprint density at radius 2 is 0.818 bits per heavy atom. The van der Waals surface area contributed by atoms with Gasteiger partial charge in [-0.15, -0.1) is 0 Å². The largest absolute Gasteiger partial charge is 0.462 e. The van der Waals surface area contributed by atoms with Gasteiger partial charge in [-0.2, -0.15) is 0 Å². The highest BCUT2D eigenvalue weighted by molar-refractivity contribution is 5.71. The van der Waals surface area contributed by atoms with Crippen molar-refractivity contribution < 1.29 is 28.6 Å². The molecule has 0 aliphatic carbocycles. The fourth-order valence-electron chi connectivity index (χ4n) is 3.50. The summed E-state index contributed by atoms with van der Waals surface area (Å²) in [6.45, 7) is 6.22. The van der Waals surface area contributed by atoms with Crippen molar-refractivity contribution in [3.63, 3.8) is 0 Å². The molecule has 0 saturated heterocycles. The predicted octanol–water partition coefficient (Wildman–Crippen LogP) is 7.07. The van der Waals surface area contributed by atoms with E-state index in [0.29, 0.717) is 19.3 Å². The van der Waals surface area contributed by atoms with Crippen LogP contribution in [0.5, 0.6) is 0 Å². The molecule has 33 heavy (non-hydrogen) atoms. The van der Waals surface area contributed by atoms with Crippen LogP contribution in [-0.2, 0) is 28.6 Å². The van der Waals surface area contributed by atoms with Gasteiger partial charge in [0.15, 0.2) is 6.10 Å². The van der Waals surface area contributed by atoms with E-state index in [-0.39, 0.29) is 31.1 Å². The van der Waals surface area contributed by atoms with E-state index in [1.807, 2.05) is 0 Å². The normalized spacial score (nSPS) is 10.9. The van der Waals surface area contributed by atoms with E-state index >= 15 is 0 Å². The van der Waals surface area contributed by atoms with Gasteiger partial charge in [0.25, 0.3) is 0 Å². The maximum absolute atomic E-state index is 12.3. The Bertz CT molecular complexity index is 465. The minimum atomic E-state index is -0.749. The molecule has 0 spiro atoms. The van der Waals surface area contributed by atoms with Gasteiger partial charge in [-0.3, -0.25) is 14.4 Å². The Kier molecular flexibility index (Phi) is 22.4. The van der Waals surface area contributed by atoms with E-state index in [2.05, 4.69) is 20.8 Å². The summed E-state index contributed by atoms with van der Waals surface area (Å²) in [5.74, 6) is -0.942. The zero-order chi connectivity index (χ0) is 24.6. The molecule has 0 saturated carbocycles. The third-order valence-corrected chi connectivity index (χ3v) is 5.61. The molecule has 0 heterocycles. The average Bonchev–Trinajstić information content (AvgIpc) is 2.80. The quantitative estimate of drug-likeness (QED) is 0.0903. The Balaban J connectivity index is 4.25. The maximum atomic E-state index is 12.3. The summed E-state index contributed by atoms with van der Waals surface area (Å²) < 4.78 is 16.0. The summed E-state index contributed by atoms with van der Waals surface area (Å²) in [5, 5.41) is 0. The van der Waals surface area contributed by atoms with Crippen molar-refractivity contribution in [3.8, 4) is 0 Å². The lowest BCUT2D eigenvalue weighted by molar-refractivity contribution is -0.167. The molecule has 0 aromatic carbocycles. The molecule has 0 aromatic heterocycles. The molecule has 0 atom stereocenters. The number of esters is 3. The van der Waals surface area contributed by atoms with Crippen molar-refractivity contribution in [3.05, 3.63) is 0 Å². The molecule has 6 heteroatoms. The standard InChI is InChI=1S/C27H50O6/c1-4-7-10-11-12-13-14-15-18-21-27(30)33-24(22-31-25(28)19-16-8-5-2)23-32-26(29)20-17-9-6-3/h24H,4-23H2,1-3H3. The van der Waals surface area contributed by atoms with E-state index in [0.717, 1.165) is 57.8 Å². The van der Waals surface area contributed by atoms with E-state index < -0.39 is 6.10 Å². The van der Waals surface area contributed by atoms with E-state index in [1.54, 1.807) is 0 Å². The van der Waals surface area contributed by atoms with Crippen molar-refractivity contribution >= 4 is 17.9 Å². The maximum Gasteiger partial charge on any atom is 0.306 e. The number of hydrogen-bond acceptors (Lipinski definition) is 6. The number of rotatable bonds is 23. The van der Waals surface area contributed by atoms with Crippen LogP contribution in [0, 0.1) is 0 Å². The van der Waals surface area contributed by atoms with Crippen molar-refractivity contribution in [2.24, 2.45) is 0 Å². The molecule has 0 amide bonds. The van der Waals surface area contributed by atoms with Gasteiger partial charge in [0.2, 0.25) is 0 Å². The average molecular weight is 471 g/mol. The first-order valence-corrected chi connectivity index (χ1v) is 13.5. The van der Waals surface area contributed by atoms with Crippen molar-refractivity contribution in [1.82, 2.24) is 0 Å². The molecule has 194 valence electrons. The summed E-state index contributed by atoms with van der Waals surface area (Å²) >= 11 is 0. The second-order valence-electron chi connectivity index (χ2n) is 8.97. The molecule has 0 aromatic rings.